The van der Waals surface area contributed by atoms with Gasteiger partial charge in [-0.2, -0.15) is 4.99 Å². The maximum absolute atomic E-state index is 12.2. The zero-order valence-corrected chi connectivity index (χ0v) is 16.9. The number of carbonyl (C=O) groups is 2. The van der Waals surface area contributed by atoms with Crippen molar-refractivity contribution in [1.29, 1.82) is 0 Å². The van der Waals surface area contributed by atoms with E-state index in [-0.39, 0.29) is 11.1 Å². The fourth-order valence-electron chi connectivity index (χ4n) is 2.36. The maximum atomic E-state index is 12.2. The van der Waals surface area contributed by atoms with Crippen molar-refractivity contribution in [2.24, 2.45) is 4.99 Å². The molecule has 3 rings (SSSR count). The van der Waals surface area contributed by atoms with Gasteiger partial charge in [0.2, 0.25) is 0 Å². The molecule has 2 amide bonds. The zero-order valence-electron chi connectivity index (χ0n) is 14.5. The minimum Gasteiger partial charge on any atom is -0.496 e. The molecule has 1 fully saturated rings. The molecule has 1 aliphatic rings. The van der Waals surface area contributed by atoms with Gasteiger partial charge in [0, 0.05) is 17.2 Å². The molecule has 1 N–H and O–H groups in total. The van der Waals surface area contributed by atoms with Crippen LogP contribution in [0.15, 0.2) is 56.8 Å². The molecule has 6 nitrogen and oxygen atoms in total. The summed E-state index contributed by atoms with van der Waals surface area (Å²) >= 11 is 4.52. The van der Waals surface area contributed by atoms with E-state index in [9.17, 15) is 9.59 Å². The van der Waals surface area contributed by atoms with Crippen LogP contribution in [0.1, 0.15) is 15.9 Å². The second-order valence-corrected chi connectivity index (χ2v) is 7.27. The van der Waals surface area contributed by atoms with Crippen LogP contribution in [0.3, 0.4) is 0 Å². The number of methoxy groups -OCH3 is 2. The van der Waals surface area contributed by atoms with Gasteiger partial charge in [-0.15, -0.1) is 0 Å². The quantitative estimate of drug-likeness (QED) is 0.721. The Labute approximate surface area is 168 Å². The number of rotatable bonds is 4. The van der Waals surface area contributed by atoms with Crippen molar-refractivity contribution in [2.75, 3.05) is 14.2 Å². The van der Waals surface area contributed by atoms with Gasteiger partial charge in [-0.1, -0.05) is 18.2 Å². The van der Waals surface area contributed by atoms with Gasteiger partial charge >= 0.3 is 0 Å². The topological polar surface area (TPSA) is 77.0 Å². The lowest BCUT2D eigenvalue weighted by molar-refractivity contribution is -0.115. The lowest BCUT2D eigenvalue weighted by Crippen LogP contribution is -2.20. The van der Waals surface area contributed by atoms with Crippen LogP contribution in [0.5, 0.6) is 11.5 Å². The van der Waals surface area contributed by atoms with Crippen molar-refractivity contribution in [3.63, 3.8) is 0 Å². The predicted molar refractivity (Wildman–Crippen MR) is 109 cm³/mol. The molecule has 2 aromatic carbocycles. The van der Waals surface area contributed by atoms with Gasteiger partial charge in [-0.05, 0) is 52.0 Å². The third kappa shape index (κ3) is 4.40. The Morgan fingerprint density at radius 1 is 1.15 bits per heavy atom. The molecule has 8 heteroatoms. The van der Waals surface area contributed by atoms with Crippen molar-refractivity contribution in [3.05, 3.63) is 63.0 Å². The van der Waals surface area contributed by atoms with Crippen LogP contribution in [0, 0.1) is 0 Å². The SMILES string of the molecule is COc1cc(OC)c(/C=C2\SC(=NC(=O)c3ccccc3)NC2=O)cc1Br. The number of aliphatic imine (C=N–C) groups is 1. The molecule has 0 radical (unpaired) electrons. The Bertz CT molecular complexity index is 958. The highest BCUT2D eigenvalue weighted by Crippen LogP contribution is 2.36. The molecular formula is C19H15BrN2O4S. The van der Waals surface area contributed by atoms with Gasteiger partial charge in [0.1, 0.15) is 11.5 Å². The van der Waals surface area contributed by atoms with E-state index in [1.807, 2.05) is 6.07 Å². The number of ether oxygens (including phenoxy) is 2. The summed E-state index contributed by atoms with van der Waals surface area (Å²) in [5.41, 5.74) is 1.15. The Balaban J connectivity index is 1.87. The molecule has 0 saturated carbocycles. The second-order valence-electron chi connectivity index (χ2n) is 5.38. The number of nitrogens with one attached hydrogen (secondary N) is 1. The molecule has 138 valence electrons. The van der Waals surface area contributed by atoms with Gasteiger partial charge in [-0.25, -0.2) is 0 Å². The number of thioether (sulfide) groups is 1. The van der Waals surface area contributed by atoms with E-state index in [0.29, 0.717) is 27.5 Å². The Morgan fingerprint density at radius 3 is 2.52 bits per heavy atom. The number of carbonyl (C=O) groups excluding carboxylic acids is 2. The molecule has 27 heavy (non-hydrogen) atoms. The molecule has 0 bridgehead atoms. The van der Waals surface area contributed by atoms with E-state index in [1.54, 1.807) is 49.6 Å². The van der Waals surface area contributed by atoms with Crippen molar-refractivity contribution < 1.29 is 19.1 Å². The molecule has 2 aromatic rings. The number of halogens is 1. The van der Waals surface area contributed by atoms with Crippen molar-refractivity contribution >= 4 is 50.7 Å². The highest BCUT2D eigenvalue weighted by atomic mass is 79.9. The highest BCUT2D eigenvalue weighted by Gasteiger charge is 2.25. The van der Waals surface area contributed by atoms with Gasteiger partial charge < -0.3 is 14.8 Å². The average Bonchev–Trinajstić information content (AvgIpc) is 3.01. The summed E-state index contributed by atoms with van der Waals surface area (Å²) in [5, 5.41) is 2.85. The largest absolute Gasteiger partial charge is 0.496 e. The summed E-state index contributed by atoms with van der Waals surface area (Å²) in [6.45, 7) is 0. The van der Waals surface area contributed by atoms with Crippen LogP contribution < -0.4 is 14.8 Å². The molecule has 0 aromatic heterocycles. The van der Waals surface area contributed by atoms with Crippen molar-refractivity contribution in [3.8, 4) is 11.5 Å². The van der Waals surface area contributed by atoms with Crippen LogP contribution >= 0.6 is 27.7 Å². The molecule has 1 heterocycles. The fraction of sp³-hybridized carbons (Fsp3) is 0.105. The number of benzene rings is 2. The first-order chi connectivity index (χ1) is 13.0. The fourth-order valence-corrected chi connectivity index (χ4v) is 3.69. The molecule has 0 aliphatic carbocycles. The summed E-state index contributed by atoms with van der Waals surface area (Å²) in [6.07, 6.45) is 1.68. The molecule has 1 aliphatic heterocycles. The molecule has 0 unspecified atom stereocenters. The number of hydrogen-bond acceptors (Lipinski definition) is 5. The van der Waals surface area contributed by atoms with Gasteiger partial charge in [0.05, 0.1) is 23.6 Å². The first-order valence-electron chi connectivity index (χ1n) is 7.82. The Hall–Kier alpha value is -2.58. The summed E-state index contributed by atoms with van der Waals surface area (Å²) in [5.74, 6) is 0.438. The number of amides is 2. The maximum Gasteiger partial charge on any atom is 0.279 e. The van der Waals surface area contributed by atoms with E-state index < -0.39 is 5.91 Å². The molecule has 0 atom stereocenters. The van der Waals surface area contributed by atoms with Gasteiger partial charge in [-0.3, -0.25) is 9.59 Å². The average molecular weight is 447 g/mol. The smallest absolute Gasteiger partial charge is 0.279 e. The van der Waals surface area contributed by atoms with Crippen LogP contribution in [0.2, 0.25) is 0 Å². The van der Waals surface area contributed by atoms with E-state index in [4.69, 9.17) is 9.47 Å². The van der Waals surface area contributed by atoms with E-state index >= 15 is 0 Å². The molecule has 0 spiro atoms. The first-order valence-corrected chi connectivity index (χ1v) is 9.43. The summed E-state index contributed by atoms with van der Waals surface area (Å²) in [6, 6.07) is 12.2. The van der Waals surface area contributed by atoms with Crippen LogP contribution in [-0.4, -0.2) is 31.2 Å². The van der Waals surface area contributed by atoms with E-state index in [2.05, 4.69) is 26.2 Å². The van der Waals surface area contributed by atoms with Crippen LogP contribution in [0.4, 0.5) is 0 Å². The normalized spacial score (nSPS) is 16.5. The third-order valence-electron chi connectivity index (χ3n) is 3.67. The standard InChI is InChI=1S/C19H15BrN2O4S/c1-25-14-10-15(26-2)13(20)8-12(14)9-16-18(24)22-19(27-16)21-17(23)11-6-4-3-5-7-11/h3-10H,1-2H3,(H,21,22,23,24)/b16-9-. The van der Waals surface area contributed by atoms with Crippen LogP contribution in [-0.2, 0) is 4.79 Å². The summed E-state index contributed by atoms with van der Waals surface area (Å²) in [4.78, 5) is 28.8. The monoisotopic (exact) mass is 446 g/mol. The molecule has 1 saturated heterocycles. The van der Waals surface area contributed by atoms with E-state index in [0.717, 1.165) is 16.2 Å². The van der Waals surface area contributed by atoms with Crippen molar-refractivity contribution in [2.45, 2.75) is 0 Å². The minimum atomic E-state index is -0.413. The highest BCUT2D eigenvalue weighted by molar-refractivity contribution is 9.10. The van der Waals surface area contributed by atoms with E-state index in [1.165, 1.54) is 7.11 Å². The number of hydrogen-bond donors (Lipinski definition) is 1. The minimum absolute atomic E-state index is 0.242. The number of amidine groups is 1. The van der Waals surface area contributed by atoms with Gasteiger partial charge in [0.25, 0.3) is 11.8 Å². The third-order valence-corrected chi connectivity index (χ3v) is 5.20. The molecular weight excluding hydrogens is 432 g/mol. The van der Waals surface area contributed by atoms with Crippen molar-refractivity contribution in [1.82, 2.24) is 5.32 Å². The predicted octanol–water partition coefficient (Wildman–Crippen LogP) is 3.87. The lowest BCUT2D eigenvalue weighted by atomic mass is 10.1. The number of nitrogens with zero attached hydrogens (tertiary/aromatic N) is 1. The van der Waals surface area contributed by atoms with Gasteiger partial charge in [0.15, 0.2) is 5.17 Å². The zero-order chi connectivity index (χ0) is 19.4. The Kier molecular flexibility index (Phi) is 5.98. The first kappa shape index (κ1) is 19.2. The second kappa shape index (κ2) is 8.41. The summed E-state index contributed by atoms with van der Waals surface area (Å²) in [7, 11) is 3.10. The van der Waals surface area contributed by atoms with Crippen LogP contribution in [0.25, 0.3) is 6.08 Å². The Morgan fingerprint density at radius 2 is 1.85 bits per heavy atom. The lowest BCUT2D eigenvalue weighted by Gasteiger charge is -2.10. The summed E-state index contributed by atoms with van der Waals surface area (Å²) < 4.78 is 11.3.